The van der Waals surface area contributed by atoms with E-state index in [4.69, 9.17) is 35.5 Å². The van der Waals surface area contributed by atoms with Crippen LogP contribution in [0.2, 0.25) is 5.02 Å². The van der Waals surface area contributed by atoms with Gasteiger partial charge in [0.15, 0.2) is 11.5 Å². The van der Waals surface area contributed by atoms with E-state index in [0.29, 0.717) is 46.7 Å². The molecule has 10 nitrogen and oxygen atoms in total. The summed E-state index contributed by atoms with van der Waals surface area (Å²) in [5.41, 5.74) is 3.24. The van der Waals surface area contributed by atoms with E-state index in [-0.39, 0.29) is 23.3 Å². The number of aromatic nitrogens is 2. The molecule has 0 radical (unpaired) electrons. The predicted molar refractivity (Wildman–Crippen MR) is 171 cm³/mol. The lowest BCUT2D eigenvalue weighted by Gasteiger charge is -2.54. The molecule has 0 amide bonds. The number of methoxy groups -OCH3 is 1. The highest BCUT2D eigenvalue weighted by atomic mass is 35.5. The van der Waals surface area contributed by atoms with Gasteiger partial charge in [0.1, 0.15) is 17.2 Å². The molecule has 1 aromatic heterocycles. The molecule has 0 bridgehead atoms. The number of carbonyl (C=O) groups excluding carboxylic acids is 1. The number of para-hydroxylation sites is 1. The maximum absolute atomic E-state index is 15.1. The highest BCUT2D eigenvalue weighted by Crippen LogP contribution is 2.51. The largest absolute Gasteiger partial charge is 0.465 e. The molecule has 8 rings (SSSR count). The van der Waals surface area contributed by atoms with Crippen LogP contribution in [0, 0.1) is 17.1 Å². The molecule has 1 aliphatic carbocycles. The number of carbonyl (C=O) groups is 1. The smallest absolute Gasteiger partial charge is 0.337 e. The van der Waals surface area contributed by atoms with Gasteiger partial charge in [-0.15, -0.1) is 0 Å². The summed E-state index contributed by atoms with van der Waals surface area (Å²) in [5, 5.41) is 9.59. The van der Waals surface area contributed by atoms with Crippen molar-refractivity contribution >= 4 is 34.3 Å². The Labute approximate surface area is 276 Å². The average molecular weight is 658 g/mol. The Kier molecular flexibility index (Phi) is 7.28. The van der Waals surface area contributed by atoms with Gasteiger partial charge in [-0.3, -0.25) is 4.90 Å². The predicted octanol–water partition coefficient (Wildman–Crippen LogP) is 5.77. The molecule has 1 saturated carbocycles. The maximum atomic E-state index is 15.1. The Morgan fingerprint density at radius 3 is 2.68 bits per heavy atom. The van der Waals surface area contributed by atoms with Gasteiger partial charge >= 0.3 is 5.97 Å². The van der Waals surface area contributed by atoms with E-state index in [2.05, 4.69) is 14.4 Å². The van der Waals surface area contributed by atoms with Crippen molar-refractivity contribution in [2.45, 2.75) is 63.3 Å². The third kappa shape index (κ3) is 4.98. The van der Waals surface area contributed by atoms with Gasteiger partial charge in [-0.05, 0) is 61.7 Å². The van der Waals surface area contributed by atoms with E-state index in [0.717, 1.165) is 56.0 Å². The van der Waals surface area contributed by atoms with Crippen LogP contribution >= 0.6 is 11.6 Å². The number of piperazine rings is 1. The molecule has 4 aliphatic rings. The third-order valence-corrected chi connectivity index (χ3v) is 10.3. The van der Waals surface area contributed by atoms with Crippen molar-refractivity contribution in [2.24, 2.45) is 0 Å². The summed E-state index contributed by atoms with van der Waals surface area (Å²) in [4.78, 5) is 22.3. The number of nitrogens with zero attached hydrogens (tertiary/aromatic N) is 5. The number of hydrogen-bond acceptors (Lipinski definition) is 9. The molecule has 0 N–H and O–H groups in total. The lowest BCUT2D eigenvalue weighted by Crippen LogP contribution is -2.64. The van der Waals surface area contributed by atoms with Gasteiger partial charge in [-0.1, -0.05) is 17.7 Å². The Bertz CT molecular complexity index is 1960. The maximum Gasteiger partial charge on any atom is 0.337 e. The van der Waals surface area contributed by atoms with Crippen molar-refractivity contribution in [1.82, 2.24) is 14.5 Å². The number of fused-ring (bicyclic) bond motifs is 3. The molecular formula is C35H33ClFN5O5. The number of hydrogen-bond donors (Lipinski definition) is 0. The molecule has 0 spiro atoms. The Morgan fingerprint density at radius 1 is 1.15 bits per heavy atom. The summed E-state index contributed by atoms with van der Waals surface area (Å²) in [6.07, 6.45) is 3.12. The van der Waals surface area contributed by atoms with Crippen molar-refractivity contribution in [3.05, 3.63) is 81.9 Å². The summed E-state index contributed by atoms with van der Waals surface area (Å²) in [5.74, 6) is -0.323. The van der Waals surface area contributed by atoms with E-state index >= 15 is 4.39 Å². The van der Waals surface area contributed by atoms with Crippen LogP contribution < -0.4 is 14.4 Å². The van der Waals surface area contributed by atoms with Crippen molar-refractivity contribution in [3.8, 4) is 17.6 Å². The third-order valence-electron chi connectivity index (χ3n) is 9.99. The number of rotatable bonds is 7. The van der Waals surface area contributed by atoms with Crippen LogP contribution in [-0.2, 0) is 28.4 Å². The topological polar surface area (TPSA) is 102 Å². The molecule has 2 saturated heterocycles. The monoisotopic (exact) mass is 657 g/mol. The number of nitriles is 1. The summed E-state index contributed by atoms with van der Waals surface area (Å²) in [6, 6.07) is 16.1. The van der Waals surface area contributed by atoms with Crippen molar-refractivity contribution in [3.63, 3.8) is 0 Å². The minimum atomic E-state index is -1.37. The molecule has 4 heterocycles. The molecule has 0 unspecified atom stereocenters. The number of imidazole rings is 1. The fraction of sp³-hybridized carbons (Fsp3) is 0.400. The zero-order valence-corrected chi connectivity index (χ0v) is 26.8. The van der Waals surface area contributed by atoms with E-state index in [1.54, 1.807) is 25.1 Å². The first-order valence-electron chi connectivity index (χ1n) is 15.9. The van der Waals surface area contributed by atoms with Crippen LogP contribution in [0.25, 0.3) is 11.0 Å². The highest BCUT2D eigenvalue weighted by Gasteiger charge is 2.47. The number of esters is 1. The van der Waals surface area contributed by atoms with E-state index < -0.39 is 17.6 Å². The zero-order chi connectivity index (χ0) is 32.4. The number of anilines is 1. The summed E-state index contributed by atoms with van der Waals surface area (Å²) >= 11 is 6.66. The Balaban J connectivity index is 1.06. The van der Waals surface area contributed by atoms with Crippen molar-refractivity contribution < 1.29 is 28.1 Å². The number of halogens is 2. The van der Waals surface area contributed by atoms with Gasteiger partial charge in [-0.2, -0.15) is 5.26 Å². The van der Waals surface area contributed by atoms with Crippen LogP contribution in [0.1, 0.15) is 53.5 Å². The highest BCUT2D eigenvalue weighted by molar-refractivity contribution is 6.35. The minimum Gasteiger partial charge on any atom is -0.465 e. The molecule has 4 atom stereocenters. The Hall–Kier alpha value is -4.37. The first kappa shape index (κ1) is 30.0. The normalized spacial score (nSPS) is 24.7. The van der Waals surface area contributed by atoms with Gasteiger partial charge < -0.3 is 28.4 Å². The van der Waals surface area contributed by atoms with E-state index in [9.17, 15) is 10.1 Å². The molecule has 4 aromatic rings. The second kappa shape index (κ2) is 11.4. The zero-order valence-electron chi connectivity index (χ0n) is 26.0. The summed E-state index contributed by atoms with van der Waals surface area (Å²) < 4.78 is 40.6. The molecule has 242 valence electrons. The molecule has 3 fully saturated rings. The fourth-order valence-electron chi connectivity index (χ4n) is 7.32. The SMILES string of the molecule is COC(=O)c1cc(Cl)c2nc(CN3CCN(c4cccc5c4O[C@](C)(c4ccc(C#N)cc4F)O5)[C@H]4CC[C@H]43)n(C[C@@H]3CCO3)c2c1. The van der Waals surface area contributed by atoms with Crippen LogP contribution in [0.4, 0.5) is 10.1 Å². The van der Waals surface area contributed by atoms with Gasteiger partial charge in [0.2, 0.25) is 0 Å². The van der Waals surface area contributed by atoms with Gasteiger partial charge in [0.25, 0.3) is 5.79 Å². The lowest BCUT2D eigenvalue weighted by atomic mass is 9.81. The second-order valence-electron chi connectivity index (χ2n) is 12.7. The fourth-order valence-corrected chi connectivity index (χ4v) is 7.58. The van der Waals surface area contributed by atoms with Crippen LogP contribution in [-0.4, -0.2) is 65.4 Å². The van der Waals surface area contributed by atoms with Crippen molar-refractivity contribution in [1.29, 1.82) is 5.26 Å². The van der Waals surface area contributed by atoms with Gasteiger partial charge in [-0.25, -0.2) is 14.2 Å². The quantitative estimate of drug-likeness (QED) is 0.229. The van der Waals surface area contributed by atoms with Crippen molar-refractivity contribution in [2.75, 3.05) is 31.7 Å². The van der Waals surface area contributed by atoms with E-state index in [1.165, 1.54) is 13.2 Å². The molecule has 12 heteroatoms. The van der Waals surface area contributed by atoms with Gasteiger partial charge in [0.05, 0.1) is 65.3 Å². The Morgan fingerprint density at radius 2 is 1.98 bits per heavy atom. The molecule has 47 heavy (non-hydrogen) atoms. The first-order valence-corrected chi connectivity index (χ1v) is 16.2. The van der Waals surface area contributed by atoms with Gasteiger partial charge in [0, 0.05) is 38.7 Å². The molecule has 3 aromatic carbocycles. The van der Waals surface area contributed by atoms with Crippen LogP contribution in [0.3, 0.4) is 0 Å². The molecule has 3 aliphatic heterocycles. The summed E-state index contributed by atoms with van der Waals surface area (Å²) in [6.45, 7) is 5.24. The first-order chi connectivity index (χ1) is 22.8. The summed E-state index contributed by atoms with van der Waals surface area (Å²) in [7, 11) is 1.36. The van der Waals surface area contributed by atoms with E-state index in [1.807, 2.05) is 30.3 Å². The standard InChI is InChI=1S/C35H33ClFN5O5/c1-35(23-7-6-20(17-38)14-25(23)37)46-30-5-3-4-28(33(30)47-35)41-12-11-40(26-8-9-27(26)41)19-31-39-32-24(36)15-21(34(43)44-2)16-29(32)42(31)18-22-10-13-45-22/h3-7,14-16,22,26-27H,8-13,18-19H2,1-2H3/t22-,26+,27-,35+/m0/s1. The second-order valence-corrected chi connectivity index (χ2v) is 13.1. The number of benzene rings is 3. The minimum absolute atomic E-state index is 0.0887. The lowest BCUT2D eigenvalue weighted by molar-refractivity contribution is -0.0706. The molecular weight excluding hydrogens is 625 g/mol. The average Bonchev–Trinajstić information content (AvgIpc) is 3.56. The van der Waals surface area contributed by atoms with Crippen LogP contribution in [0.5, 0.6) is 11.5 Å². The number of ether oxygens (including phenoxy) is 4. The van der Waals surface area contributed by atoms with Crippen LogP contribution in [0.15, 0.2) is 48.5 Å².